The third-order valence-electron chi connectivity index (χ3n) is 4.78. The van der Waals surface area contributed by atoms with Gasteiger partial charge in [-0.1, -0.05) is 37.3 Å². The number of anilines is 1. The molecule has 2 aromatic rings. The van der Waals surface area contributed by atoms with E-state index in [2.05, 4.69) is 36.6 Å². The topological polar surface area (TPSA) is 50.4 Å². The van der Waals surface area contributed by atoms with Crippen molar-refractivity contribution in [2.24, 2.45) is 5.92 Å². The van der Waals surface area contributed by atoms with Gasteiger partial charge in [-0.2, -0.15) is 0 Å². The summed E-state index contributed by atoms with van der Waals surface area (Å²) < 4.78 is 5.02. The van der Waals surface area contributed by atoms with Crippen LogP contribution in [0.2, 0.25) is 0 Å². The Morgan fingerprint density at radius 1 is 1.35 bits per heavy atom. The molecule has 0 radical (unpaired) electrons. The third kappa shape index (κ3) is 4.07. The number of fused-ring (bicyclic) bond motifs is 1. The lowest BCUT2D eigenvalue weighted by atomic mass is 9.88. The first kappa shape index (κ1) is 18.9. The van der Waals surface area contributed by atoms with Crippen LogP contribution in [0, 0.1) is 5.92 Å². The van der Waals surface area contributed by atoms with Crippen LogP contribution >= 0.6 is 23.6 Å². The Labute approximate surface area is 164 Å². The van der Waals surface area contributed by atoms with E-state index in [1.54, 1.807) is 11.3 Å². The molecule has 3 rings (SSSR count). The summed E-state index contributed by atoms with van der Waals surface area (Å²) in [6, 6.07) is 10.2. The summed E-state index contributed by atoms with van der Waals surface area (Å²) >= 11 is 7.11. The second kappa shape index (κ2) is 8.18. The van der Waals surface area contributed by atoms with Crippen molar-refractivity contribution < 1.29 is 9.53 Å². The molecule has 0 saturated carbocycles. The van der Waals surface area contributed by atoms with E-state index in [0.717, 1.165) is 35.4 Å². The maximum atomic E-state index is 12.4. The van der Waals surface area contributed by atoms with E-state index >= 15 is 0 Å². The minimum absolute atomic E-state index is 0.0763. The fourth-order valence-electron chi connectivity index (χ4n) is 3.32. The van der Waals surface area contributed by atoms with Crippen molar-refractivity contribution in [3.8, 4) is 0 Å². The van der Waals surface area contributed by atoms with Gasteiger partial charge in [0.05, 0.1) is 18.7 Å². The molecule has 0 saturated heterocycles. The minimum Gasteiger partial charge on any atom is -0.465 e. The number of carbonyl (C=O) groups excluding carboxylic acids is 1. The van der Waals surface area contributed by atoms with Crippen LogP contribution in [0.1, 0.15) is 52.7 Å². The molecule has 6 heteroatoms. The van der Waals surface area contributed by atoms with Crippen LogP contribution in [-0.4, -0.2) is 18.2 Å². The summed E-state index contributed by atoms with van der Waals surface area (Å²) in [7, 11) is 1.43. The number of esters is 1. The molecule has 0 amide bonds. The maximum Gasteiger partial charge on any atom is 0.341 e. The van der Waals surface area contributed by atoms with Crippen LogP contribution in [-0.2, 0) is 17.6 Å². The largest absolute Gasteiger partial charge is 0.465 e. The molecule has 1 heterocycles. The number of thiocarbonyl (C=S) groups is 1. The molecule has 2 N–H and O–H groups in total. The van der Waals surface area contributed by atoms with Gasteiger partial charge in [0.15, 0.2) is 5.11 Å². The molecule has 0 aliphatic heterocycles. The lowest BCUT2D eigenvalue weighted by molar-refractivity contribution is 0.0601. The Morgan fingerprint density at radius 3 is 2.77 bits per heavy atom. The van der Waals surface area contributed by atoms with Crippen LogP contribution < -0.4 is 10.6 Å². The lowest BCUT2D eigenvalue weighted by Gasteiger charge is -2.18. The summed E-state index contributed by atoms with van der Waals surface area (Å²) in [5, 5.41) is 7.83. The smallest absolute Gasteiger partial charge is 0.341 e. The van der Waals surface area contributed by atoms with Crippen LogP contribution in [0.5, 0.6) is 0 Å². The van der Waals surface area contributed by atoms with E-state index in [-0.39, 0.29) is 12.0 Å². The number of thiophene rings is 1. The number of hydrogen-bond acceptors (Lipinski definition) is 4. The molecule has 0 spiro atoms. The first-order chi connectivity index (χ1) is 12.5. The predicted molar refractivity (Wildman–Crippen MR) is 111 cm³/mol. The van der Waals surface area contributed by atoms with Crippen molar-refractivity contribution in [1.29, 1.82) is 0 Å². The molecule has 1 aliphatic rings. The van der Waals surface area contributed by atoms with E-state index in [0.29, 0.717) is 16.6 Å². The van der Waals surface area contributed by atoms with E-state index < -0.39 is 0 Å². The third-order valence-corrected chi connectivity index (χ3v) is 6.17. The van der Waals surface area contributed by atoms with Crippen molar-refractivity contribution in [2.75, 3.05) is 12.4 Å². The van der Waals surface area contributed by atoms with Crippen molar-refractivity contribution in [1.82, 2.24) is 5.32 Å². The molecule has 2 unspecified atom stereocenters. The Bertz CT molecular complexity index is 802. The highest BCUT2D eigenvalue weighted by Gasteiger charge is 2.28. The monoisotopic (exact) mass is 388 g/mol. The van der Waals surface area contributed by atoms with Gasteiger partial charge in [-0.25, -0.2) is 4.79 Å². The maximum absolute atomic E-state index is 12.4. The van der Waals surface area contributed by atoms with Gasteiger partial charge in [-0.3, -0.25) is 0 Å². The Kier molecular flexibility index (Phi) is 5.94. The zero-order valence-electron chi connectivity index (χ0n) is 15.3. The number of carbonyl (C=O) groups is 1. The van der Waals surface area contributed by atoms with Gasteiger partial charge in [0.25, 0.3) is 0 Å². The highest BCUT2D eigenvalue weighted by atomic mass is 32.1. The predicted octanol–water partition coefficient (Wildman–Crippen LogP) is 4.71. The fourth-order valence-corrected chi connectivity index (χ4v) is 5.06. The lowest BCUT2D eigenvalue weighted by Crippen LogP contribution is -2.31. The molecule has 26 heavy (non-hydrogen) atoms. The molecule has 0 bridgehead atoms. The second-order valence-electron chi connectivity index (χ2n) is 6.78. The SMILES string of the molecule is COC(=O)c1c(NC(=S)NC(C)c2ccccc2)sc2c1CCC(C)C2. The first-order valence-corrected chi connectivity index (χ1v) is 10.1. The highest BCUT2D eigenvalue weighted by molar-refractivity contribution is 7.80. The van der Waals surface area contributed by atoms with Crippen LogP contribution in [0.4, 0.5) is 5.00 Å². The van der Waals surface area contributed by atoms with Crippen molar-refractivity contribution in [3.63, 3.8) is 0 Å². The van der Waals surface area contributed by atoms with Gasteiger partial charge in [-0.05, 0) is 55.4 Å². The molecule has 138 valence electrons. The summed E-state index contributed by atoms with van der Waals surface area (Å²) in [6.45, 7) is 4.31. The molecule has 1 aromatic carbocycles. The van der Waals surface area contributed by atoms with Gasteiger partial charge >= 0.3 is 5.97 Å². The fraction of sp³-hybridized carbons (Fsp3) is 0.400. The molecular formula is C20H24N2O2S2. The first-order valence-electron chi connectivity index (χ1n) is 8.85. The Morgan fingerprint density at radius 2 is 2.08 bits per heavy atom. The molecule has 0 fully saturated rings. The number of benzene rings is 1. The van der Waals surface area contributed by atoms with E-state index in [1.165, 1.54) is 12.0 Å². The zero-order chi connectivity index (χ0) is 18.7. The zero-order valence-corrected chi connectivity index (χ0v) is 16.9. The molecule has 2 atom stereocenters. The molecular weight excluding hydrogens is 364 g/mol. The molecule has 4 nitrogen and oxygen atoms in total. The van der Waals surface area contributed by atoms with E-state index in [1.807, 2.05) is 18.2 Å². The number of methoxy groups -OCH3 is 1. The number of nitrogens with one attached hydrogen (secondary N) is 2. The summed E-state index contributed by atoms with van der Waals surface area (Å²) in [6.07, 6.45) is 3.02. The summed E-state index contributed by atoms with van der Waals surface area (Å²) in [4.78, 5) is 13.6. The van der Waals surface area contributed by atoms with Gasteiger partial charge in [0, 0.05) is 4.88 Å². The van der Waals surface area contributed by atoms with Crippen LogP contribution in [0.3, 0.4) is 0 Å². The van der Waals surface area contributed by atoms with Crippen molar-refractivity contribution in [3.05, 3.63) is 51.9 Å². The van der Waals surface area contributed by atoms with Gasteiger partial charge in [-0.15, -0.1) is 11.3 Å². The minimum atomic E-state index is -0.293. The average Bonchev–Trinajstić information content (AvgIpc) is 2.98. The standard InChI is InChI=1S/C20H24N2O2S2/c1-12-9-10-15-16(11-12)26-18(17(15)19(23)24-3)22-20(25)21-13(2)14-7-5-4-6-8-14/h4-8,12-13H,9-11H2,1-3H3,(H2,21,22,25). The average molecular weight is 389 g/mol. The summed E-state index contributed by atoms with van der Waals surface area (Å²) in [5.41, 5.74) is 2.93. The van der Waals surface area contributed by atoms with Crippen LogP contribution in [0.25, 0.3) is 0 Å². The number of rotatable bonds is 4. The number of hydrogen-bond donors (Lipinski definition) is 2. The van der Waals surface area contributed by atoms with Crippen molar-refractivity contribution in [2.45, 2.75) is 39.2 Å². The van der Waals surface area contributed by atoms with E-state index in [9.17, 15) is 4.79 Å². The van der Waals surface area contributed by atoms with Gasteiger partial charge in [0.1, 0.15) is 5.00 Å². The normalized spacial score (nSPS) is 17.1. The van der Waals surface area contributed by atoms with Gasteiger partial charge < -0.3 is 15.4 Å². The van der Waals surface area contributed by atoms with Crippen molar-refractivity contribution >= 4 is 39.6 Å². The number of ether oxygens (including phenoxy) is 1. The highest BCUT2D eigenvalue weighted by Crippen LogP contribution is 2.40. The second-order valence-corrected chi connectivity index (χ2v) is 8.29. The van der Waals surface area contributed by atoms with Crippen LogP contribution in [0.15, 0.2) is 30.3 Å². The quantitative estimate of drug-likeness (QED) is 0.587. The summed E-state index contributed by atoms with van der Waals surface area (Å²) in [5.74, 6) is 0.348. The van der Waals surface area contributed by atoms with Gasteiger partial charge in [0.2, 0.25) is 0 Å². The van der Waals surface area contributed by atoms with E-state index in [4.69, 9.17) is 17.0 Å². The Hall–Kier alpha value is -1.92. The Balaban J connectivity index is 1.78. The molecule has 1 aromatic heterocycles. The molecule has 1 aliphatic carbocycles.